The first-order valence-corrected chi connectivity index (χ1v) is 7.50. The second kappa shape index (κ2) is 6.17. The summed E-state index contributed by atoms with van der Waals surface area (Å²) in [5.74, 6) is 0. The van der Waals surface area contributed by atoms with Gasteiger partial charge in [-0.25, -0.2) is 0 Å². The van der Waals surface area contributed by atoms with Gasteiger partial charge >= 0.3 is 0 Å². The Kier molecular flexibility index (Phi) is 4.77. The Morgan fingerprint density at radius 3 is 2.58 bits per heavy atom. The number of hydrogen-bond donors (Lipinski definition) is 1. The topological polar surface area (TPSA) is 12.0 Å². The SMILES string of the molecule is Cc1c(Br)cccc1NC(C)c1ccc(Cl)cc1Cl. The van der Waals surface area contributed by atoms with E-state index < -0.39 is 0 Å². The van der Waals surface area contributed by atoms with Crippen LogP contribution in [0.2, 0.25) is 10.0 Å². The van der Waals surface area contributed by atoms with Crippen molar-refractivity contribution in [2.45, 2.75) is 19.9 Å². The van der Waals surface area contributed by atoms with Crippen LogP contribution in [-0.4, -0.2) is 0 Å². The van der Waals surface area contributed by atoms with Crippen LogP contribution in [0.5, 0.6) is 0 Å². The van der Waals surface area contributed by atoms with E-state index in [0.717, 1.165) is 15.7 Å². The predicted molar refractivity (Wildman–Crippen MR) is 87.4 cm³/mol. The zero-order valence-electron chi connectivity index (χ0n) is 10.7. The molecule has 4 heteroatoms. The molecule has 0 saturated heterocycles. The minimum Gasteiger partial charge on any atom is -0.378 e. The van der Waals surface area contributed by atoms with Gasteiger partial charge in [0.25, 0.3) is 0 Å². The summed E-state index contributed by atoms with van der Waals surface area (Å²) in [7, 11) is 0. The lowest BCUT2D eigenvalue weighted by Gasteiger charge is -2.19. The van der Waals surface area contributed by atoms with Gasteiger partial charge in [0.1, 0.15) is 0 Å². The number of rotatable bonds is 3. The summed E-state index contributed by atoms with van der Waals surface area (Å²) in [5.41, 5.74) is 3.30. The quantitative estimate of drug-likeness (QED) is 0.684. The first-order chi connectivity index (χ1) is 8.99. The summed E-state index contributed by atoms with van der Waals surface area (Å²) in [6.07, 6.45) is 0. The lowest BCUT2D eigenvalue weighted by molar-refractivity contribution is 0.882. The van der Waals surface area contributed by atoms with Crippen molar-refractivity contribution < 1.29 is 0 Å². The Balaban J connectivity index is 2.25. The molecule has 0 fully saturated rings. The van der Waals surface area contributed by atoms with Crippen molar-refractivity contribution in [3.05, 3.63) is 62.0 Å². The molecule has 0 bridgehead atoms. The molecule has 100 valence electrons. The van der Waals surface area contributed by atoms with Crippen LogP contribution >= 0.6 is 39.1 Å². The van der Waals surface area contributed by atoms with Crippen molar-refractivity contribution in [1.29, 1.82) is 0 Å². The molecule has 0 aliphatic rings. The number of benzene rings is 2. The molecule has 2 aromatic carbocycles. The molecule has 0 saturated carbocycles. The minimum absolute atomic E-state index is 0.109. The lowest BCUT2D eigenvalue weighted by Crippen LogP contribution is -2.08. The summed E-state index contributed by atoms with van der Waals surface area (Å²) in [5, 5.41) is 4.80. The van der Waals surface area contributed by atoms with Gasteiger partial charge in [-0.15, -0.1) is 0 Å². The van der Waals surface area contributed by atoms with Crippen LogP contribution in [-0.2, 0) is 0 Å². The Hall–Kier alpha value is -0.700. The summed E-state index contributed by atoms with van der Waals surface area (Å²) in [6, 6.07) is 11.8. The molecule has 1 atom stereocenters. The maximum absolute atomic E-state index is 6.23. The maximum Gasteiger partial charge on any atom is 0.0500 e. The van der Waals surface area contributed by atoms with Crippen LogP contribution < -0.4 is 5.32 Å². The Labute approximate surface area is 132 Å². The minimum atomic E-state index is 0.109. The number of nitrogens with one attached hydrogen (secondary N) is 1. The Bertz CT molecular complexity index is 599. The normalized spacial score (nSPS) is 12.3. The third-order valence-electron chi connectivity index (χ3n) is 3.07. The largest absolute Gasteiger partial charge is 0.378 e. The fourth-order valence-electron chi connectivity index (χ4n) is 1.93. The highest BCUT2D eigenvalue weighted by atomic mass is 79.9. The highest BCUT2D eigenvalue weighted by molar-refractivity contribution is 9.10. The molecule has 2 aromatic rings. The second-order valence-corrected chi connectivity index (χ2v) is 6.14. The highest BCUT2D eigenvalue weighted by Gasteiger charge is 2.11. The molecular weight excluding hydrogens is 345 g/mol. The standard InChI is InChI=1S/C15H14BrCl2N/c1-9-13(16)4-3-5-15(9)19-10(2)12-7-6-11(17)8-14(12)18/h3-8,10,19H,1-2H3. The van der Waals surface area contributed by atoms with Crippen LogP contribution in [0, 0.1) is 6.92 Å². The van der Waals surface area contributed by atoms with Gasteiger partial charge < -0.3 is 5.32 Å². The molecule has 1 N–H and O–H groups in total. The van der Waals surface area contributed by atoms with Gasteiger partial charge in [0.15, 0.2) is 0 Å². The molecule has 19 heavy (non-hydrogen) atoms. The zero-order valence-corrected chi connectivity index (χ0v) is 13.8. The third-order valence-corrected chi connectivity index (χ3v) is 4.49. The van der Waals surface area contributed by atoms with Gasteiger partial charge in [-0.2, -0.15) is 0 Å². The van der Waals surface area contributed by atoms with Crippen LogP contribution in [0.15, 0.2) is 40.9 Å². The van der Waals surface area contributed by atoms with Crippen molar-refractivity contribution in [3.8, 4) is 0 Å². The average Bonchev–Trinajstić information content (AvgIpc) is 2.34. The monoisotopic (exact) mass is 357 g/mol. The van der Waals surface area contributed by atoms with Crippen molar-refractivity contribution in [1.82, 2.24) is 0 Å². The molecule has 0 heterocycles. The van der Waals surface area contributed by atoms with Crippen LogP contribution in [0.3, 0.4) is 0 Å². The lowest BCUT2D eigenvalue weighted by atomic mass is 10.1. The second-order valence-electron chi connectivity index (χ2n) is 4.44. The fourth-order valence-corrected chi connectivity index (χ4v) is 2.87. The fraction of sp³-hybridized carbons (Fsp3) is 0.200. The van der Waals surface area contributed by atoms with E-state index in [1.165, 1.54) is 5.56 Å². The van der Waals surface area contributed by atoms with E-state index >= 15 is 0 Å². The molecule has 0 radical (unpaired) electrons. The van der Waals surface area contributed by atoms with E-state index in [9.17, 15) is 0 Å². The summed E-state index contributed by atoms with van der Waals surface area (Å²) in [6.45, 7) is 4.15. The van der Waals surface area contributed by atoms with Crippen molar-refractivity contribution in [2.75, 3.05) is 5.32 Å². The molecule has 1 unspecified atom stereocenters. The van der Waals surface area contributed by atoms with Gasteiger partial charge in [0, 0.05) is 20.2 Å². The van der Waals surface area contributed by atoms with E-state index in [1.54, 1.807) is 6.07 Å². The van der Waals surface area contributed by atoms with Crippen molar-refractivity contribution in [2.24, 2.45) is 0 Å². The first kappa shape index (κ1) is 14.7. The van der Waals surface area contributed by atoms with E-state index in [2.05, 4.69) is 41.2 Å². The molecule has 0 aromatic heterocycles. The van der Waals surface area contributed by atoms with Gasteiger partial charge in [0.2, 0.25) is 0 Å². The van der Waals surface area contributed by atoms with Crippen LogP contribution in [0.25, 0.3) is 0 Å². The Morgan fingerprint density at radius 1 is 1.16 bits per heavy atom. The van der Waals surface area contributed by atoms with Gasteiger partial charge in [-0.3, -0.25) is 0 Å². The summed E-state index contributed by atoms with van der Waals surface area (Å²) < 4.78 is 1.09. The van der Waals surface area contributed by atoms with E-state index in [-0.39, 0.29) is 6.04 Å². The smallest absolute Gasteiger partial charge is 0.0500 e. The molecule has 0 spiro atoms. The average molecular weight is 359 g/mol. The van der Waals surface area contributed by atoms with Crippen molar-refractivity contribution >= 4 is 44.8 Å². The summed E-state index contributed by atoms with van der Waals surface area (Å²) >= 11 is 15.7. The van der Waals surface area contributed by atoms with Gasteiger partial charge in [-0.05, 0) is 49.2 Å². The van der Waals surface area contributed by atoms with Crippen LogP contribution in [0.1, 0.15) is 24.1 Å². The molecular formula is C15H14BrCl2N. The Morgan fingerprint density at radius 2 is 1.89 bits per heavy atom. The summed E-state index contributed by atoms with van der Waals surface area (Å²) in [4.78, 5) is 0. The number of anilines is 1. The molecule has 0 aliphatic heterocycles. The van der Waals surface area contributed by atoms with E-state index in [1.807, 2.05) is 24.3 Å². The zero-order chi connectivity index (χ0) is 14.0. The van der Waals surface area contributed by atoms with Gasteiger partial charge in [0.05, 0.1) is 6.04 Å². The number of halogens is 3. The molecule has 2 rings (SSSR count). The number of hydrogen-bond acceptors (Lipinski definition) is 1. The third kappa shape index (κ3) is 3.44. The molecule has 1 nitrogen and oxygen atoms in total. The molecule has 0 aliphatic carbocycles. The van der Waals surface area contributed by atoms with Crippen molar-refractivity contribution in [3.63, 3.8) is 0 Å². The highest BCUT2D eigenvalue weighted by Crippen LogP contribution is 2.31. The van der Waals surface area contributed by atoms with Crippen LogP contribution in [0.4, 0.5) is 5.69 Å². The maximum atomic E-state index is 6.23. The van der Waals surface area contributed by atoms with E-state index in [4.69, 9.17) is 23.2 Å². The molecule has 0 amide bonds. The van der Waals surface area contributed by atoms with E-state index in [0.29, 0.717) is 10.0 Å². The van der Waals surface area contributed by atoms with Gasteiger partial charge in [-0.1, -0.05) is 51.3 Å². The predicted octanol–water partition coefficient (Wildman–Crippen LogP) is 6.24. The first-order valence-electron chi connectivity index (χ1n) is 5.95.